The second-order valence-corrected chi connectivity index (χ2v) is 5.25. The quantitative estimate of drug-likeness (QED) is 0.768. The van der Waals surface area contributed by atoms with Crippen molar-refractivity contribution in [2.45, 2.75) is 12.2 Å². The van der Waals surface area contributed by atoms with Crippen LogP contribution in [0.5, 0.6) is 11.5 Å². The molecule has 0 radical (unpaired) electrons. The van der Waals surface area contributed by atoms with Crippen LogP contribution >= 0.6 is 0 Å². The Balaban J connectivity index is 2.46. The lowest BCUT2D eigenvalue weighted by molar-refractivity contribution is 0.0814. The van der Waals surface area contributed by atoms with E-state index in [2.05, 4.69) is 6.58 Å². The van der Waals surface area contributed by atoms with E-state index in [-0.39, 0.29) is 0 Å². The van der Waals surface area contributed by atoms with Crippen LogP contribution in [0.4, 0.5) is 0 Å². The maximum atomic E-state index is 10.2. The third-order valence-corrected chi connectivity index (χ3v) is 3.73. The van der Waals surface area contributed by atoms with E-state index in [1.54, 1.807) is 20.3 Å². The van der Waals surface area contributed by atoms with E-state index in [0.29, 0.717) is 0 Å². The van der Waals surface area contributed by atoms with Gasteiger partial charge in [-0.3, -0.25) is 0 Å². The van der Waals surface area contributed by atoms with Crippen LogP contribution in [0.15, 0.2) is 67.3 Å². The van der Waals surface area contributed by atoms with Crippen LogP contribution in [0.2, 0.25) is 0 Å². The Morgan fingerprint density at radius 1 is 0.833 bits per heavy atom. The van der Waals surface area contributed by atoms with Gasteiger partial charge < -0.3 is 19.7 Å². The summed E-state index contributed by atoms with van der Waals surface area (Å²) in [4.78, 5) is 0. The Hall–Kier alpha value is -2.56. The van der Waals surface area contributed by atoms with Crippen LogP contribution in [-0.2, 0) is 0 Å². The summed E-state index contributed by atoms with van der Waals surface area (Å²) < 4.78 is 10.4. The van der Waals surface area contributed by atoms with Gasteiger partial charge in [0.15, 0.2) is 0 Å². The van der Waals surface area contributed by atoms with Crippen molar-refractivity contribution in [3.8, 4) is 11.5 Å². The predicted octanol–water partition coefficient (Wildman–Crippen LogP) is 3.04. The zero-order chi connectivity index (χ0) is 17.5. The van der Waals surface area contributed by atoms with Crippen molar-refractivity contribution in [1.29, 1.82) is 0 Å². The van der Waals surface area contributed by atoms with Crippen molar-refractivity contribution in [3.63, 3.8) is 0 Å². The lowest BCUT2D eigenvalue weighted by Gasteiger charge is -2.15. The molecule has 2 rings (SSSR count). The zero-order valence-electron chi connectivity index (χ0n) is 13.8. The van der Waals surface area contributed by atoms with Gasteiger partial charge in [0.05, 0.1) is 14.2 Å². The van der Waals surface area contributed by atoms with Crippen molar-refractivity contribution < 1.29 is 19.7 Å². The Bertz CT molecular complexity index is 637. The van der Waals surface area contributed by atoms with Crippen LogP contribution in [0.3, 0.4) is 0 Å². The lowest BCUT2D eigenvalue weighted by Crippen LogP contribution is -2.21. The number of rotatable bonds is 7. The van der Waals surface area contributed by atoms with Crippen LogP contribution in [0, 0.1) is 0 Å². The molecule has 0 spiro atoms. The Labute approximate surface area is 142 Å². The second kappa shape index (κ2) is 8.34. The number of aliphatic hydroxyl groups excluding tert-OH is 2. The van der Waals surface area contributed by atoms with E-state index in [9.17, 15) is 10.2 Å². The van der Waals surface area contributed by atoms with E-state index >= 15 is 0 Å². The summed E-state index contributed by atoms with van der Waals surface area (Å²) in [6, 6.07) is 15.0. The molecule has 0 bridgehead atoms. The average Bonchev–Trinajstić information content (AvgIpc) is 2.65. The molecule has 0 aliphatic rings. The molecule has 0 aromatic heterocycles. The first kappa shape index (κ1) is 17.8. The molecule has 2 N–H and O–H groups in total. The molecule has 126 valence electrons. The number of aliphatic hydroxyl groups is 2. The van der Waals surface area contributed by atoms with E-state index in [1.807, 2.05) is 48.5 Å². The van der Waals surface area contributed by atoms with Crippen molar-refractivity contribution in [1.82, 2.24) is 0 Å². The smallest absolute Gasteiger partial charge is 0.118 e. The molecule has 0 aliphatic heterocycles. The molecular weight excluding hydrogens is 304 g/mol. The molecule has 2 atom stereocenters. The van der Waals surface area contributed by atoms with Gasteiger partial charge in [-0.05, 0) is 47.0 Å². The molecule has 0 fully saturated rings. The predicted molar refractivity (Wildman–Crippen MR) is 95.3 cm³/mol. The molecule has 4 heteroatoms. The van der Waals surface area contributed by atoms with E-state index in [1.165, 1.54) is 6.08 Å². The number of ether oxygens (including phenoxy) is 2. The summed E-state index contributed by atoms with van der Waals surface area (Å²) in [6.45, 7) is 3.51. The molecule has 2 aromatic rings. The molecular formula is C20H22O4. The average molecular weight is 326 g/mol. The van der Waals surface area contributed by atoms with Gasteiger partial charge in [0, 0.05) is 0 Å². The monoisotopic (exact) mass is 326 g/mol. The third kappa shape index (κ3) is 4.25. The van der Waals surface area contributed by atoms with E-state index in [0.717, 1.165) is 28.2 Å². The summed E-state index contributed by atoms with van der Waals surface area (Å²) in [5.74, 6) is 1.50. The molecule has 24 heavy (non-hydrogen) atoms. The second-order valence-electron chi connectivity index (χ2n) is 5.25. The molecule has 2 unspecified atom stereocenters. The van der Waals surface area contributed by atoms with Gasteiger partial charge in [0.2, 0.25) is 0 Å². The number of hydrogen-bond acceptors (Lipinski definition) is 4. The molecule has 0 amide bonds. The van der Waals surface area contributed by atoms with Gasteiger partial charge >= 0.3 is 0 Å². The largest absolute Gasteiger partial charge is 0.497 e. The minimum atomic E-state index is -1.05. The molecule has 4 nitrogen and oxygen atoms in total. The minimum Gasteiger partial charge on any atom is -0.497 e. The molecule has 0 heterocycles. The summed E-state index contributed by atoms with van der Waals surface area (Å²) in [5, 5.41) is 19.9. The van der Waals surface area contributed by atoms with Crippen LogP contribution in [-0.4, -0.2) is 36.6 Å². The number of methoxy groups -OCH3 is 2. The highest BCUT2D eigenvalue weighted by Crippen LogP contribution is 2.27. The first-order chi connectivity index (χ1) is 11.6. The summed E-state index contributed by atoms with van der Waals surface area (Å²) in [5.41, 5.74) is 2.60. The zero-order valence-corrected chi connectivity index (χ0v) is 13.8. The van der Waals surface area contributed by atoms with Gasteiger partial charge in [-0.25, -0.2) is 0 Å². The Morgan fingerprint density at radius 3 is 1.58 bits per heavy atom. The van der Waals surface area contributed by atoms with Crippen molar-refractivity contribution in [3.05, 3.63) is 78.4 Å². The Morgan fingerprint density at radius 2 is 1.25 bits per heavy atom. The highest BCUT2D eigenvalue weighted by Gasteiger charge is 2.14. The third-order valence-electron chi connectivity index (χ3n) is 3.73. The summed E-state index contributed by atoms with van der Waals surface area (Å²) in [6.07, 6.45) is 0.842. The SMILES string of the molecule is C=CC(O)C(O)C=C(c1ccc(OC)cc1)c1ccc(OC)cc1. The molecule has 2 aromatic carbocycles. The van der Waals surface area contributed by atoms with Crippen molar-refractivity contribution in [2.24, 2.45) is 0 Å². The first-order valence-corrected chi connectivity index (χ1v) is 7.58. The van der Waals surface area contributed by atoms with Crippen molar-refractivity contribution >= 4 is 5.57 Å². The highest BCUT2D eigenvalue weighted by atomic mass is 16.5. The summed E-state index contributed by atoms with van der Waals surface area (Å²) >= 11 is 0. The normalized spacial score (nSPS) is 12.8. The van der Waals surface area contributed by atoms with E-state index in [4.69, 9.17) is 9.47 Å². The standard InChI is InChI=1S/C20H22O4/c1-4-19(21)20(22)13-18(14-5-9-16(23-2)10-6-14)15-7-11-17(24-3)12-8-15/h4-13,19-22H,1H2,2-3H3. The first-order valence-electron chi connectivity index (χ1n) is 7.58. The maximum Gasteiger partial charge on any atom is 0.118 e. The van der Waals surface area contributed by atoms with Gasteiger partial charge in [0.1, 0.15) is 23.7 Å². The molecule has 0 saturated heterocycles. The van der Waals surface area contributed by atoms with Crippen LogP contribution in [0.25, 0.3) is 5.57 Å². The Kier molecular flexibility index (Phi) is 6.18. The van der Waals surface area contributed by atoms with Crippen molar-refractivity contribution in [2.75, 3.05) is 14.2 Å². The minimum absolute atomic E-state index is 0.750. The number of hydrogen-bond donors (Lipinski definition) is 2. The number of benzene rings is 2. The highest BCUT2D eigenvalue weighted by molar-refractivity contribution is 5.80. The molecule has 0 aliphatic carbocycles. The van der Waals surface area contributed by atoms with Gasteiger partial charge in [-0.1, -0.05) is 30.3 Å². The topological polar surface area (TPSA) is 58.9 Å². The van der Waals surface area contributed by atoms with E-state index < -0.39 is 12.2 Å². The fourth-order valence-corrected chi connectivity index (χ4v) is 2.31. The maximum absolute atomic E-state index is 10.2. The molecule has 0 saturated carbocycles. The lowest BCUT2D eigenvalue weighted by atomic mass is 9.95. The van der Waals surface area contributed by atoms with Gasteiger partial charge in [-0.2, -0.15) is 0 Å². The summed E-state index contributed by atoms with van der Waals surface area (Å²) in [7, 11) is 3.22. The van der Waals surface area contributed by atoms with Crippen LogP contribution < -0.4 is 9.47 Å². The fraction of sp³-hybridized carbons (Fsp3) is 0.200. The van der Waals surface area contributed by atoms with Crippen LogP contribution in [0.1, 0.15) is 11.1 Å². The van der Waals surface area contributed by atoms with Gasteiger partial charge in [-0.15, -0.1) is 6.58 Å². The fourth-order valence-electron chi connectivity index (χ4n) is 2.31. The van der Waals surface area contributed by atoms with Gasteiger partial charge in [0.25, 0.3) is 0 Å².